The fourth-order valence-corrected chi connectivity index (χ4v) is 2.44. The van der Waals surface area contributed by atoms with Gasteiger partial charge in [-0.2, -0.15) is 0 Å². The van der Waals surface area contributed by atoms with E-state index in [1.807, 2.05) is 12.1 Å². The molecule has 0 heterocycles. The first-order chi connectivity index (χ1) is 9.21. The molecule has 0 aliphatic rings. The Balaban J connectivity index is 2.35. The van der Waals surface area contributed by atoms with Gasteiger partial charge in [-0.3, -0.25) is 0 Å². The first kappa shape index (κ1) is 16.5. The van der Waals surface area contributed by atoms with Crippen LogP contribution in [0.5, 0.6) is 0 Å². The summed E-state index contributed by atoms with van der Waals surface area (Å²) >= 11 is 5.93. The van der Waals surface area contributed by atoms with Gasteiger partial charge in [-0.25, -0.2) is 0 Å². The van der Waals surface area contributed by atoms with Crippen molar-refractivity contribution in [2.24, 2.45) is 0 Å². The Morgan fingerprint density at radius 1 is 1.11 bits per heavy atom. The molecule has 1 rings (SSSR count). The van der Waals surface area contributed by atoms with Crippen LogP contribution in [0.3, 0.4) is 0 Å². The molecule has 0 saturated heterocycles. The van der Waals surface area contributed by atoms with E-state index in [1.165, 1.54) is 18.5 Å². The quantitative estimate of drug-likeness (QED) is 0.686. The average molecular weight is 283 g/mol. The standard InChI is InChI=1S/C16H27ClN2/c1-4-16(14-8-10-15(17)11-9-14)18-12-7-13-19(5-2)6-3/h8-11,16,18H,4-7,12-13H2,1-3H3. The maximum Gasteiger partial charge on any atom is 0.0406 e. The second kappa shape index (κ2) is 9.35. The van der Waals surface area contributed by atoms with Crippen LogP contribution in [0.4, 0.5) is 0 Å². The van der Waals surface area contributed by atoms with Crippen molar-refractivity contribution in [3.63, 3.8) is 0 Å². The third kappa shape index (κ3) is 5.94. The molecule has 0 radical (unpaired) electrons. The van der Waals surface area contributed by atoms with E-state index in [1.54, 1.807) is 0 Å². The summed E-state index contributed by atoms with van der Waals surface area (Å²) in [5.74, 6) is 0. The van der Waals surface area contributed by atoms with Crippen LogP contribution in [0.15, 0.2) is 24.3 Å². The molecular weight excluding hydrogens is 256 g/mol. The summed E-state index contributed by atoms with van der Waals surface area (Å²) in [6.45, 7) is 11.2. The van der Waals surface area contributed by atoms with E-state index in [9.17, 15) is 0 Å². The molecule has 108 valence electrons. The van der Waals surface area contributed by atoms with E-state index in [2.05, 4.69) is 43.1 Å². The fourth-order valence-electron chi connectivity index (χ4n) is 2.31. The predicted octanol–water partition coefficient (Wildman–Crippen LogP) is 4.11. The lowest BCUT2D eigenvalue weighted by Crippen LogP contribution is -2.28. The Morgan fingerprint density at radius 2 is 1.74 bits per heavy atom. The Hall–Kier alpha value is -0.570. The molecule has 0 saturated carbocycles. The van der Waals surface area contributed by atoms with Crippen LogP contribution in [-0.2, 0) is 0 Å². The van der Waals surface area contributed by atoms with Crippen molar-refractivity contribution in [1.29, 1.82) is 0 Å². The third-order valence-corrected chi connectivity index (χ3v) is 3.87. The minimum atomic E-state index is 0.439. The number of benzene rings is 1. The summed E-state index contributed by atoms with van der Waals surface area (Å²) in [4.78, 5) is 2.46. The number of rotatable bonds is 9. The summed E-state index contributed by atoms with van der Waals surface area (Å²) in [7, 11) is 0. The van der Waals surface area contributed by atoms with E-state index in [0.717, 1.165) is 31.1 Å². The summed E-state index contributed by atoms with van der Waals surface area (Å²) in [5, 5.41) is 4.44. The van der Waals surface area contributed by atoms with Crippen LogP contribution in [0.25, 0.3) is 0 Å². The van der Waals surface area contributed by atoms with Gasteiger partial charge in [0.25, 0.3) is 0 Å². The zero-order valence-corrected chi connectivity index (χ0v) is 13.2. The molecule has 19 heavy (non-hydrogen) atoms. The number of nitrogens with zero attached hydrogens (tertiary/aromatic N) is 1. The average Bonchev–Trinajstić information content (AvgIpc) is 2.44. The van der Waals surface area contributed by atoms with Gasteiger partial charge in [0.05, 0.1) is 0 Å². The molecule has 0 fully saturated rings. The van der Waals surface area contributed by atoms with Crippen LogP contribution >= 0.6 is 11.6 Å². The SMILES string of the molecule is CCC(NCCCN(CC)CC)c1ccc(Cl)cc1. The lowest BCUT2D eigenvalue weighted by molar-refractivity contribution is 0.295. The van der Waals surface area contributed by atoms with Crippen molar-refractivity contribution in [2.75, 3.05) is 26.2 Å². The topological polar surface area (TPSA) is 15.3 Å². The Kier molecular flexibility index (Phi) is 8.11. The maximum atomic E-state index is 5.93. The molecule has 0 bridgehead atoms. The van der Waals surface area contributed by atoms with Gasteiger partial charge in [0.15, 0.2) is 0 Å². The first-order valence-electron chi connectivity index (χ1n) is 7.42. The van der Waals surface area contributed by atoms with Gasteiger partial charge in [-0.15, -0.1) is 0 Å². The summed E-state index contributed by atoms with van der Waals surface area (Å²) in [6, 6.07) is 8.62. The van der Waals surface area contributed by atoms with Crippen LogP contribution in [0, 0.1) is 0 Å². The van der Waals surface area contributed by atoms with Crippen LogP contribution in [0.1, 0.15) is 45.2 Å². The lowest BCUT2D eigenvalue weighted by atomic mass is 10.0. The summed E-state index contributed by atoms with van der Waals surface area (Å²) in [5.41, 5.74) is 1.33. The van der Waals surface area contributed by atoms with E-state index in [0.29, 0.717) is 6.04 Å². The van der Waals surface area contributed by atoms with E-state index >= 15 is 0 Å². The number of hydrogen-bond acceptors (Lipinski definition) is 2. The first-order valence-corrected chi connectivity index (χ1v) is 7.80. The van der Waals surface area contributed by atoms with Gasteiger partial charge in [0.1, 0.15) is 0 Å². The minimum absolute atomic E-state index is 0.439. The van der Waals surface area contributed by atoms with Gasteiger partial charge in [0.2, 0.25) is 0 Å². The van der Waals surface area contributed by atoms with Crippen LogP contribution in [0.2, 0.25) is 5.02 Å². The Labute approximate surface area is 123 Å². The van der Waals surface area contributed by atoms with Crippen LogP contribution in [-0.4, -0.2) is 31.1 Å². The largest absolute Gasteiger partial charge is 0.310 e. The fraction of sp³-hybridized carbons (Fsp3) is 0.625. The normalized spacial score (nSPS) is 12.9. The summed E-state index contributed by atoms with van der Waals surface area (Å²) < 4.78 is 0. The van der Waals surface area contributed by atoms with Gasteiger partial charge in [-0.05, 0) is 56.7 Å². The lowest BCUT2D eigenvalue weighted by Gasteiger charge is -2.20. The smallest absolute Gasteiger partial charge is 0.0406 e. The molecule has 0 aliphatic carbocycles. The van der Waals surface area contributed by atoms with Crippen molar-refractivity contribution in [2.45, 2.75) is 39.7 Å². The van der Waals surface area contributed by atoms with E-state index < -0.39 is 0 Å². The highest BCUT2D eigenvalue weighted by molar-refractivity contribution is 6.30. The molecule has 1 N–H and O–H groups in total. The van der Waals surface area contributed by atoms with Gasteiger partial charge < -0.3 is 10.2 Å². The van der Waals surface area contributed by atoms with Crippen LogP contribution < -0.4 is 5.32 Å². The molecular formula is C16H27ClN2. The predicted molar refractivity (Wildman–Crippen MR) is 84.9 cm³/mol. The molecule has 1 aromatic rings. The Morgan fingerprint density at radius 3 is 2.26 bits per heavy atom. The highest BCUT2D eigenvalue weighted by Gasteiger charge is 2.08. The zero-order chi connectivity index (χ0) is 14.1. The summed E-state index contributed by atoms with van der Waals surface area (Å²) in [6.07, 6.45) is 2.30. The minimum Gasteiger partial charge on any atom is -0.310 e. The molecule has 0 aliphatic heterocycles. The number of nitrogens with one attached hydrogen (secondary N) is 1. The third-order valence-electron chi connectivity index (χ3n) is 3.62. The zero-order valence-electron chi connectivity index (χ0n) is 12.5. The molecule has 1 atom stereocenters. The van der Waals surface area contributed by atoms with Crippen molar-refractivity contribution < 1.29 is 0 Å². The highest BCUT2D eigenvalue weighted by atomic mass is 35.5. The molecule has 0 spiro atoms. The molecule has 1 aromatic carbocycles. The van der Waals surface area contributed by atoms with Crippen molar-refractivity contribution in [1.82, 2.24) is 10.2 Å². The second-order valence-corrected chi connectivity index (χ2v) is 5.28. The molecule has 0 amide bonds. The van der Waals surface area contributed by atoms with Gasteiger partial charge in [0, 0.05) is 11.1 Å². The monoisotopic (exact) mass is 282 g/mol. The Bertz CT molecular complexity index is 333. The highest BCUT2D eigenvalue weighted by Crippen LogP contribution is 2.18. The molecule has 1 unspecified atom stereocenters. The molecule has 3 heteroatoms. The van der Waals surface area contributed by atoms with Crippen molar-refractivity contribution in [3.05, 3.63) is 34.9 Å². The number of hydrogen-bond donors (Lipinski definition) is 1. The van der Waals surface area contributed by atoms with Gasteiger partial charge in [-0.1, -0.05) is 44.5 Å². The molecule has 0 aromatic heterocycles. The molecule has 2 nitrogen and oxygen atoms in total. The van der Waals surface area contributed by atoms with Crippen molar-refractivity contribution in [3.8, 4) is 0 Å². The van der Waals surface area contributed by atoms with Gasteiger partial charge >= 0.3 is 0 Å². The van der Waals surface area contributed by atoms with Crippen molar-refractivity contribution >= 4 is 11.6 Å². The second-order valence-electron chi connectivity index (χ2n) is 4.85. The van der Waals surface area contributed by atoms with E-state index in [-0.39, 0.29) is 0 Å². The maximum absolute atomic E-state index is 5.93. The number of halogens is 1. The van der Waals surface area contributed by atoms with E-state index in [4.69, 9.17) is 11.6 Å².